The van der Waals surface area contributed by atoms with Gasteiger partial charge >= 0.3 is 6.03 Å². The molecule has 1 aliphatic heterocycles. The highest BCUT2D eigenvalue weighted by atomic mass is 19.1. The lowest BCUT2D eigenvalue weighted by molar-refractivity contribution is 0.217. The van der Waals surface area contributed by atoms with E-state index < -0.39 is 0 Å². The van der Waals surface area contributed by atoms with Crippen LogP contribution in [0.3, 0.4) is 0 Å². The Balaban J connectivity index is 1.48. The fourth-order valence-electron chi connectivity index (χ4n) is 3.61. The number of amides is 2. The van der Waals surface area contributed by atoms with Crippen LogP contribution in [-0.2, 0) is 6.42 Å². The van der Waals surface area contributed by atoms with Gasteiger partial charge in [-0.25, -0.2) is 9.18 Å². The third-order valence-corrected chi connectivity index (χ3v) is 5.12. The number of rotatable bonds is 3. The van der Waals surface area contributed by atoms with Gasteiger partial charge in [-0.2, -0.15) is 0 Å². The van der Waals surface area contributed by atoms with Crippen molar-refractivity contribution in [1.82, 2.24) is 9.88 Å². The van der Waals surface area contributed by atoms with Crippen LogP contribution in [0, 0.1) is 5.82 Å². The van der Waals surface area contributed by atoms with E-state index in [1.165, 1.54) is 39.7 Å². The number of H-pyrrole nitrogens is 1. The van der Waals surface area contributed by atoms with Crippen LogP contribution >= 0.6 is 0 Å². The van der Waals surface area contributed by atoms with Gasteiger partial charge in [-0.05, 0) is 48.2 Å². The van der Waals surface area contributed by atoms with E-state index in [9.17, 15) is 9.18 Å². The summed E-state index contributed by atoms with van der Waals surface area (Å²) in [6.45, 7) is 3.37. The van der Waals surface area contributed by atoms with Crippen LogP contribution in [0.15, 0.2) is 54.7 Å². The first kappa shape index (κ1) is 17.3. The summed E-state index contributed by atoms with van der Waals surface area (Å²) in [4.78, 5) is 17.6. The van der Waals surface area contributed by atoms with E-state index in [0.29, 0.717) is 18.8 Å². The number of nitrogens with one attached hydrogen (secondary N) is 2. The molecule has 0 radical (unpaired) electrons. The van der Waals surface area contributed by atoms with Crippen molar-refractivity contribution in [3.8, 4) is 0 Å². The molecule has 0 spiro atoms. The molecular formula is C22H22FN3O. The zero-order valence-corrected chi connectivity index (χ0v) is 15.3. The molecule has 1 aliphatic rings. The number of carbonyl (C=O) groups excluding carboxylic acids is 1. The summed E-state index contributed by atoms with van der Waals surface area (Å²) in [5.74, 6) is -0.316. The van der Waals surface area contributed by atoms with Crippen LogP contribution < -0.4 is 5.32 Å². The Bertz CT molecular complexity index is 1000. The number of aromatic nitrogens is 1. The maximum Gasteiger partial charge on any atom is 0.322 e. The van der Waals surface area contributed by atoms with Gasteiger partial charge in [0.2, 0.25) is 0 Å². The van der Waals surface area contributed by atoms with Gasteiger partial charge in [0, 0.05) is 41.4 Å². The molecule has 4 nitrogen and oxygen atoms in total. The molecule has 3 aromatic rings. The smallest absolute Gasteiger partial charge is 0.322 e. The van der Waals surface area contributed by atoms with Gasteiger partial charge < -0.3 is 15.2 Å². The largest absolute Gasteiger partial charge is 0.360 e. The topological polar surface area (TPSA) is 48.1 Å². The summed E-state index contributed by atoms with van der Waals surface area (Å²) in [5.41, 5.74) is 5.60. The van der Waals surface area contributed by atoms with Crippen molar-refractivity contribution < 1.29 is 9.18 Å². The van der Waals surface area contributed by atoms with E-state index in [1.807, 2.05) is 0 Å². The Morgan fingerprint density at radius 2 is 2.04 bits per heavy atom. The fourth-order valence-corrected chi connectivity index (χ4v) is 3.61. The molecule has 27 heavy (non-hydrogen) atoms. The molecule has 0 aliphatic carbocycles. The Morgan fingerprint density at radius 1 is 1.22 bits per heavy atom. The number of carbonyl (C=O) groups is 1. The van der Waals surface area contributed by atoms with Gasteiger partial charge in [0.05, 0.1) is 0 Å². The number of nitrogens with zero attached hydrogens (tertiary/aromatic N) is 1. The molecule has 2 N–H and O–H groups in total. The summed E-state index contributed by atoms with van der Waals surface area (Å²) in [7, 11) is 0. The summed E-state index contributed by atoms with van der Waals surface area (Å²) < 4.78 is 13.0. The Hall–Kier alpha value is -3.08. The second-order valence-electron chi connectivity index (χ2n) is 6.76. The number of hydrogen-bond acceptors (Lipinski definition) is 1. The number of halogens is 1. The molecule has 0 saturated carbocycles. The van der Waals surface area contributed by atoms with E-state index in [1.54, 1.807) is 17.0 Å². The molecule has 0 fully saturated rings. The van der Waals surface area contributed by atoms with Crippen LogP contribution in [0.2, 0.25) is 0 Å². The maximum absolute atomic E-state index is 13.0. The van der Waals surface area contributed by atoms with Crippen molar-refractivity contribution in [2.24, 2.45) is 0 Å². The van der Waals surface area contributed by atoms with E-state index in [0.717, 1.165) is 12.8 Å². The molecule has 2 amide bonds. The molecule has 4 rings (SSSR count). The first-order chi connectivity index (χ1) is 13.2. The van der Waals surface area contributed by atoms with Crippen LogP contribution in [-0.4, -0.2) is 29.0 Å². The molecule has 5 heteroatoms. The van der Waals surface area contributed by atoms with E-state index in [4.69, 9.17) is 0 Å². The molecule has 0 saturated heterocycles. The summed E-state index contributed by atoms with van der Waals surface area (Å²) in [6, 6.07) is 12.0. The fraction of sp³-hybridized carbons (Fsp3) is 0.227. The number of hydrogen-bond donors (Lipinski definition) is 2. The van der Waals surface area contributed by atoms with Crippen molar-refractivity contribution in [2.45, 2.75) is 19.8 Å². The van der Waals surface area contributed by atoms with Crippen LogP contribution in [0.4, 0.5) is 14.9 Å². The third-order valence-electron chi connectivity index (χ3n) is 5.12. The SMILES string of the molecule is CCc1cccc2c(C3=CCN(C(=O)Nc4ccc(F)cc4)CC3)c[nH]c12. The predicted molar refractivity (Wildman–Crippen MR) is 107 cm³/mol. The minimum absolute atomic E-state index is 0.163. The van der Waals surface area contributed by atoms with Gasteiger partial charge in [-0.1, -0.05) is 31.2 Å². The van der Waals surface area contributed by atoms with Gasteiger partial charge in [-0.3, -0.25) is 0 Å². The summed E-state index contributed by atoms with van der Waals surface area (Å²) >= 11 is 0. The molecule has 0 unspecified atom stereocenters. The number of urea groups is 1. The quantitative estimate of drug-likeness (QED) is 0.661. The zero-order valence-electron chi connectivity index (χ0n) is 15.3. The van der Waals surface area contributed by atoms with Crippen LogP contribution in [0.5, 0.6) is 0 Å². The average molecular weight is 363 g/mol. The number of fused-ring (bicyclic) bond motifs is 1. The standard InChI is InChI=1S/C22H22FN3O/c1-2-15-4-3-5-19-20(14-24-21(15)19)16-10-12-26(13-11-16)22(27)25-18-8-6-17(23)7-9-18/h3-10,14,24H,2,11-13H2,1H3,(H,25,27). The van der Waals surface area contributed by atoms with E-state index in [2.05, 4.69) is 47.7 Å². The molecule has 1 aromatic heterocycles. The number of aromatic amines is 1. The molecule has 138 valence electrons. The molecule has 2 aromatic carbocycles. The first-order valence-corrected chi connectivity index (χ1v) is 9.25. The first-order valence-electron chi connectivity index (χ1n) is 9.25. The highest BCUT2D eigenvalue weighted by Gasteiger charge is 2.19. The average Bonchev–Trinajstić information content (AvgIpc) is 3.14. The maximum atomic E-state index is 13.0. The minimum Gasteiger partial charge on any atom is -0.360 e. The number of aryl methyl sites for hydroxylation is 1. The Morgan fingerprint density at radius 3 is 2.74 bits per heavy atom. The van der Waals surface area contributed by atoms with Gasteiger partial charge in [0.1, 0.15) is 5.82 Å². The molecule has 2 heterocycles. The zero-order chi connectivity index (χ0) is 18.8. The monoisotopic (exact) mass is 363 g/mol. The third kappa shape index (κ3) is 3.45. The lowest BCUT2D eigenvalue weighted by atomic mass is 9.98. The number of anilines is 1. The van der Waals surface area contributed by atoms with Crippen LogP contribution in [0.25, 0.3) is 16.5 Å². The predicted octanol–water partition coefficient (Wildman–Crippen LogP) is 5.19. The normalized spacial score (nSPS) is 14.3. The lowest BCUT2D eigenvalue weighted by Crippen LogP contribution is -2.37. The number of para-hydroxylation sites is 1. The van der Waals surface area contributed by atoms with Gasteiger partial charge in [-0.15, -0.1) is 0 Å². The summed E-state index contributed by atoms with van der Waals surface area (Å²) in [6.07, 6.45) is 5.99. The van der Waals surface area contributed by atoms with Crippen molar-refractivity contribution in [2.75, 3.05) is 18.4 Å². The highest BCUT2D eigenvalue weighted by Crippen LogP contribution is 2.31. The highest BCUT2D eigenvalue weighted by molar-refractivity contribution is 5.95. The van der Waals surface area contributed by atoms with Gasteiger partial charge in [0.15, 0.2) is 0 Å². The van der Waals surface area contributed by atoms with Crippen LogP contribution in [0.1, 0.15) is 24.5 Å². The molecule has 0 bridgehead atoms. The Kier molecular flexibility index (Phi) is 4.67. The van der Waals surface area contributed by atoms with Crippen molar-refractivity contribution in [3.63, 3.8) is 0 Å². The second kappa shape index (κ2) is 7.27. The second-order valence-corrected chi connectivity index (χ2v) is 6.76. The molecule has 0 atom stereocenters. The Labute approximate surface area is 157 Å². The lowest BCUT2D eigenvalue weighted by Gasteiger charge is -2.26. The van der Waals surface area contributed by atoms with Crippen molar-refractivity contribution >= 4 is 28.2 Å². The van der Waals surface area contributed by atoms with Gasteiger partial charge in [0.25, 0.3) is 0 Å². The summed E-state index contributed by atoms with van der Waals surface area (Å²) in [5, 5.41) is 4.06. The van der Waals surface area contributed by atoms with E-state index >= 15 is 0 Å². The van der Waals surface area contributed by atoms with Crippen molar-refractivity contribution in [3.05, 3.63) is 71.7 Å². The number of benzene rings is 2. The van der Waals surface area contributed by atoms with Crippen molar-refractivity contribution in [1.29, 1.82) is 0 Å². The minimum atomic E-state index is -0.316. The molecular weight excluding hydrogens is 341 g/mol. The van der Waals surface area contributed by atoms with E-state index in [-0.39, 0.29) is 11.8 Å².